The van der Waals surface area contributed by atoms with Crippen molar-refractivity contribution in [3.63, 3.8) is 0 Å². The quantitative estimate of drug-likeness (QED) is 0.0343. The molecule has 364 valence electrons. The van der Waals surface area contributed by atoms with Gasteiger partial charge in [0, 0.05) is 12.8 Å². The van der Waals surface area contributed by atoms with Gasteiger partial charge in [-0.1, -0.05) is 221 Å². The Kier molecular flexibility index (Phi) is 50.0. The second kappa shape index (κ2) is 51.2. The fourth-order valence-electron chi connectivity index (χ4n) is 7.50. The molecular weight excluding hydrogens is 761 g/mol. The van der Waals surface area contributed by atoms with Gasteiger partial charge in [0.2, 0.25) is 0 Å². The van der Waals surface area contributed by atoms with E-state index >= 15 is 0 Å². The third-order valence-corrected chi connectivity index (χ3v) is 11.5. The number of ether oxygens (including phenoxy) is 7. The van der Waals surface area contributed by atoms with E-state index < -0.39 is 0 Å². The predicted octanol–water partition coefficient (Wildman–Crippen LogP) is 17.6. The molecule has 0 amide bonds. The lowest BCUT2D eigenvalue weighted by atomic mass is 10.1. The zero-order chi connectivity index (χ0) is 44.4. The molecule has 0 aliphatic heterocycles. The van der Waals surface area contributed by atoms with Gasteiger partial charge in [0.05, 0.1) is 26.4 Å². The first-order valence-electron chi connectivity index (χ1n) is 26.9. The van der Waals surface area contributed by atoms with Crippen LogP contribution in [0.15, 0.2) is 23.0 Å². The Bertz CT molecular complexity index is 847. The highest BCUT2D eigenvalue weighted by Crippen LogP contribution is 2.21. The van der Waals surface area contributed by atoms with Gasteiger partial charge in [0.15, 0.2) is 11.5 Å². The van der Waals surface area contributed by atoms with E-state index in [1.807, 2.05) is 0 Å². The third-order valence-electron chi connectivity index (χ3n) is 11.5. The standard InChI is InChI=1S/C54H106O7/c1-7-13-19-23-27-31-37-43-58-51(41-35-17-11-5)53(60-45-39-33-29-25-21-15-9-3)47-55-49-57-50-56-48-54(61-46-40-34-30-26-22-16-10-4)52(42-36-18-12-6)59-44-38-32-28-24-20-14-8-2/h7-50H2,1-6H3. The lowest BCUT2D eigenvalue weighted by Crippen LogP contribution is -2.14. The number of hydrogen-bond acceptors (Lipinski definition) is 7. The molecule has 0 aromatic rings. The van der Waals surface area contributed by atoms with Crippen molar-refractivity contribution in [3.05, 3.63) is 23.0 Å². The average Bonchev–Trinajstić information content (AvgIpc) is 3.27. The molecule has 0 aliphatic carbocycles. The lowest BCUT2D eigenvalue weighted by molar-refractivity contribution is -0.132. The van der Waals surface area contributed by atoms with E-state index in [0.717, 1.165) is 87.6 Å². The summed E-state index contributed by atoms with van der Waals surface area (Å²) in [6.07, 6.45) is 44.1. The Morgan fingerprint density at radius 3 is 0.738 bits per heavy atom. The summed E-state index contributed by atoms with van der Waals surface area (Å²) >= 11 is 0. The summed E-state index contributed by atoms with van der Waals surface area (Å²) in [6, 6.07) is 0. The van der Waals surface area contributed by atoms with Crippen LogP contribution in [0.3, 0.4) is 0 Å². The highest BCUT2D eigenvalue weighted by Gasteiger charge is 2.14. The molecule has 7 nitrogen and oxygen atoms in total. The fraction of sp³-hybridized carbons (Fsp3) is 0.926. The van der Waals surface area contributed by atoms with Crippen molar-refractivity contribution in [3.8, 4) is 0 Å². The number of unbranched alkanes of at least 4 members (excludes halogenated alkanes) is 28. The molecule has 0 aliphatic rings. The minimum Gasteiger partial charge on any atom is -0.494 e. The van der Waals surface area contributed by atoms with Gasteiger partial charge in [-0.25, -0.2) is 0 Å². The van der Waals surface area contributed by atoms with E-state index in [0.29, 0.717) is 26.4 Å². The summed E-state index contributed by atoms with van der Waals surface area (Å²) in [5.41, 5.74) is 0. The maximum Gasteiger partial charge on any atom is 0.159 e. The van der Waals surface area contributed by atoms with Gasteiger partial charge in [-0.2, -0.15) is 0 Å². The van der Waals surface area contributed by atoms with Crippen LogP contribution in [-0.2, 0) is 33.2 Å². The summed E-state index contributed by atoms with van der Waals surface area (Å²) in [7, 11) is 0. The summed E-state index contributed by atoms with van der Waals surface area (Å²) in [4.78, 5) is 0. The highest BCUT2D eigenvalue weighted by molar-refractivity contribution is 5.03. The topological polar surface area (TPSA) is 64.6 Å². The molecule has 0 aromatic heterocycles. The van der Waals surface area contributed by atoms with E-state index in [9.17, 15) is 0 Å². The molecule has 0 rings (SSSR count). The van der Waals surface area contributed by atoms with E-state index in [1.54, 1.807) is 0 Å². The monoisotopic (exact) mass is 867 g/mol. The summed E-state index contributed by atoms with van der Waals surface area (Å²) < 4.78 is 44.0. The molecule has 0 atom stereocenters. The van der Waals surface area contributed by atoms with Crippen LogP contribution in [0.4, 0.5) is 0 Å². The summed E-state index contributed by atoms with van der Waals surface area (Å²) in [5, 5.41) is 0. The molecule has 0 saturated heterocycles. The van der Waals surface area contributed by atoms with E-state index in [1.165, 1.54) is 180 Å². The van der Waals surface area contributed by atoms with E-state index in [-0.39, 0.29) is 13.6 Å². The summed E-state index contributed by atoms with van der Waals surface area (Å²) in [6.45, 7) is 17.4. The van der Waals surface area contributed by atoms with Crippen molar-refractivity contribution >= 4 is 0 Å². The Morgan fingerprint density at radius 1 is 0.230 bits per heavy atom. The zero-order valence-corrected chi connectivity index (χ0v) is 42.0. The molecule has 61 heavy (non-hydrogen) atoms. The van der Waals surface area contributed by atoms with Crippen molar-refractivity contribution < 1.29 is 33.2 Å². The van der Waals surface area contributed by atoms with Crippen molar-refractivity contribution in [2.45, 2.75) is 273 Å². The van der Waals surface area contributed by atoms with Crippen molar-refractivity contribution in [1.29, 1.82) is 0 Å². The normalized spacial score (nSPS) is 12.4. The maximum absolute atomic E-state index is 6.49. The Hall–Kier alpha value is -1.44. The van der Waals surface area contributed by atoms with Crippen LogP contribution in [0.25, 0.3) is 0 Å². The number of allylic oxidation sites excluding steroid dienone is 2. The lowest BCUT2D eigenvalue weighted by Gasteiger charge is -2.19. The van der Waals surface area contributed by atoms with Gasteiger partial charge in [-0.15, -0.1) is 0 Å². The molecule has 0 saturated carbocycles. The van der Waals surface area contributed by atoms with Gasteiger partial charge in [0.1, 0.15) is 38.3 Å². The molecular formula is C54H106O7. The highest BCUT2D eigenvalue weighted by atomic mass is 16.7. The molecule has 7 heteroatoms. The van der Waals surface area contributed by atoms with Gasteiger partial charge >= 0.3 is 0 Å². The Morgan fingerprint density at radius 2 is 0.459 bits per heavy atom. The van der Waals surface area contributed by atoms with Crippen LogP contribution < -0.4 is 0 Å². The zero-order valence-electron chi connectivity index (χ0n) is 42.0. The first-order chi connectivity index (χ1) is 30.2. The molecule has 0 spiro atoms. The SMILES string of the molecule is CCCCCCCCCOC(CCCCC)=C(COCOCOCC(OCCCCCCCCC)=C(CCCCC)OCCCCCCCCC)OCCCCCCCCC. The Balaban J connectivity index is 5.44. The van der Waals surface area contributed by atoms with Gasteiger partial charge < -0.3 is 33.2 Å². The van der Waals surface area contributed by atoms with E-state index in [2.05, 4.69) is 41.5 Å². The first-order valence-corrected chi connectivity index (χ1v) is 26.9. The van der Waals surface area contributed by atoms with Crippen molar-refractivity contribution in [1.82, 2.24) is 0 Å². The van der Waals surface area contributed by atoms with Crippen LogP contribution in [0.2, 0.25) is 0 Å². The second-order valence-corrected chi connectivity index (χ2v) is 17.6. The van der Waals surface area contributed by atoms with Crippen LogP contribution in [0.5, 0.6) is 0 Å². The van der Waals surface area contributed by atoms with Crippen LogP contribution in [0.1, 0.15) is 273 Å². The maximum atomic E-state index is 6.49. The molecule has 0 radical (unpaired) electrons. The van der Waals surface area contributed by atoms with Crippen LogP contribution >= 0.6 is 0 Å². The summed E-state index contributed by atoms with van der Waals surface area (Å²) in [5.74, 6) is 3.62. The fourth-order valence-corrected chi connectivity index (χ4v) is 7.50. The minimum absolute atomic E-state index is 0.125. The number of rotatable bonds is 52. The van der Waals surface area contributed by atoms with Crippen molar-refractivity contribution in [2.24, 2.45) is 0 Å². The smallest absolute Gasteiger partial charge is 0.159 e. The second-order valence-electron chi connectivity index (χ2n) is 17.6. The van der Waals surface area contributed by atoms with Gasteiger partial charge in [-0.3, -0.25) is 0 Å². The molecule has 0 aromatic carbocycles. The molecule has 0 heterocycles. The predicted molar refractivity (Wildman–Crippen MR) is 261 cm³/mol. The molecule has 0 fully saturated rings. The molecule has 0 N–H and O–H groups in total. The van der Waals surface area contributed by atoms with Crippen LogP contribution in [0, 0.1) is 0 Å². The minimum atomic E-state index is 0.125. The largest absolute Gasteiger partial charge is 0.494 e. The van der Waals surface area contributed by atoms with Gasteiger partial charge in [-0.05, 0) is 38.5 Å². The van der Waals surface area contributed by atoms with Gasteiger partial charge in [0.25, 0.3) is 0 Å². The molecule has 0 bridgehead atoms. The Labute approximate surface area is 380 Å². The number of hydrogen-bond donors (Lipinski definition) is 0. The van der Waals surface area contributed by atoms with Crippen LogP contribution in [-0.4, -0.2) is 53.2 Å². The van der Waals surface area contributed by atoms with Crippen molar-refractivity contribution in [2.75, 3.05) is 53.2 Å². The average molecular weight is 867 g/mol. The first kappa shape index (κ1) is 59.6. The van der Waals surface area contributed by atoms with E-state index in [4.69, 9.17) is 33.2 Å². The third kappa shape index (κ3) is 42.3. The molecule has 0 unspecified atom stereocenters.